The van der Waals surface area contributed by atoms with E-state index in [-0.39, 0.29) is 12.3 Å². The van der Waals surface area contributed by atoms with Gasteiger partial charge < -0.3 is 14.8 Å². The summed E-state index contributed by atoms with van der Waals surface area (Å²) in [6.07, 6.45) is 2.94. The third-order valence-corrected chi connectivity index (χ3v) is 3.78. The summed E-state index contributed by atoms with van der Waals surface area (Å²) >= 11 is 0. The third kappa shape index (κ3) is 6.24. The van der Waals surface area contributed by atoms with Crippen LogP contribution in [0.2, 0.25) is 0 Å². The molecule has 0 heterocycles. The number of rotatable bonds is 8. The lowest BCUT2D eigenvalue weighted by molar-refractivity contribution is -0.384. The summed E-state index contributed by atoms with van der Waals surface area (Å²) in [7, 11) is 1.57. The number of hydrogen-bond donors (Lipinski definition) is 1. The smallest absolute Gasteiger partial charge is 0.328 e. The molecule has 0 radical (unpaired) electrons. The number of carbonyl (C=O) groups excluding carboxylic acids is 2. The molecule has 0 bridgehead atoms. The number of non-ortho nitro benzene ring substituents is 1. The summed E-state index contributed by atoms with van der Waals surface area (Å²) in [5.41, 5.74) is 1.38. The maximum absolute atomic E-state index is 12.0. The van der Waals surface area contributed by atoms with Crippen molar-refractivity contribution in [2.45, 2.75) is 19.6 Å². The van der Waals surface area contributed by atoms with Gasteiger partial charge in [0.2, 0.25) is 5.91 Å². The average molecular weight is 384 g/mol. The quantitative estimate of drug-likeness (QED) is 0.324. The highest BCUT2D eigenvalue weighted by molar-refractivity contribution is 5.94. The van der Waals surface area contributed by atoms with Gasteiger partial charge in [-0.05, 0) is 48.4 Å². The molecule has 2 rings (SSSR count). The van der Waals surface area contributed by atoms with Gasteiger partial charge >= 0.3 is 5.97 Å². The second kappa shape index (κ2) is 9.86. The number of nitro benzene ring substituents is 1. The number of hydrogen-bond acceptors (Lipinski definition) is 6. The summed E-state index contributed by atoms with van der Waals surface area (Å²) in [5, 5.41) is 13.1. The van der Waals surface area contributed by atoms with E-state index in [1.807, 2.05) is 0 Å². The second-order valence-corrected chi connectivity index (χ2v) is 5.87. The summed E-state index contributed by atoms with van der Waals surface area (Å²) in [6.45, 7) is 1.47. The highest BCUT2D eigenvalue weighted by Gasteiger charge is 2.16. The van der Waals surface area contributed by atoms with Crippen molar-refractivity contribution in [3.63, 3.8) is 0 Å². The average Bonchev–Trinajstić information content (AvgIpc) is 2.71. The third-order valence-electron chi connectivity index (χ3n) is 3.78. The maximum atomic E-state index is 12.0. The highest BCUT2D eigenvalue weighted by atomic mass is 16.6. The lowest BCUT2D eigenvalue weighted by Gasteiger charge is -2.12. The van der Waals surface area contributed by atoms with Crippen LogP contribution in [-0.4, -0.2) is 30.0 Å². The number of benzene rings is 2. The van der Waals surface area contributed by atoms with Crippen molar-refractivity contribution in [1.29, 1.82) is 0 Å². The molecule has 0 aromatic heterocycles. The normalized spacial score (nSPS) is 11.6. The SMILES string of the molecule is COc1ccc(/C=C/C(=O)N[C@@H](C)C(=O)OCc2ccc([N+](=O)[O-])cc2)cc1. The summed E-state index contributed by atoms with van der Waals surface area (Å²) in [4.78, 5) is 34.0. The van der Waals surface area contributed by atoms with Crippen LogP contribution in [-0.2, 0) is 20.9 Å². The molecule has 0 fully saturated rings. The zero-order valence-corrected chi connectivity index (χ0v) is 15.5. The Morgan fingerprint density at radius 3 is 2.36 bits per heavy atom. The Labute approximate surface area is 161 Å². The number of carbonyl (C=O) groups is 2. The van der Waals surface area contributed by atoms with Crippen LogP contribution in [0.15, 0.2) is 54.6 Å². The van der Waals surface area contributed by atoms with Gasteiger partial charge in [0.15, 0.2) is 0 Å². The predicted octanol–water partition coefficient (Wildman–Crippen LogP) is 2.86. The van der Waals surface area contributed by atoms with Crippen LogP contribution in [0.25, 0.3) is 6.08 Å². The zero-order chi connectivity index (χ0) is 20.5. The van der Waals surface area contributed by atoms with Crippen molar-refractivity contribution in [3.8, 4) is 5.75 Å². The van der Waals surface area contributed by atoms with Crippen molar-refractivity contribution in [1.82, 2.24) is 5.32 Å². The summed E-state index contributed by atoms with van der Waals surface area (Å²) < 4.78 is 10.2. The molecule has 1 N–H and O–H groups in total. The highest BCUT2D eigenvalue weighted by Crippen LogP contribution is 2.13. The van der Waals surface area contributed by atoms with Gasteiger partial charge in [-0.25, -0.2) is 4.79 Å². The molecule has 0 saturated heterocycles. The minimum atomic E-state index is -0.842. The first-order valence-corrected chi connectivity index (χ1v) is 8.41. The standard InChI is InChI=1S/C20H20N2O6/c1-14(20(24)28-13-16-3-8-17(9-4-16)22(25)26)21-19(23)12-7-15-5-10-18(27-2)11-6-15/h3-12,14H,13H2,1-2H3,(H,21,23)/b12-7+/t14-/m0/s1. The van der Waals surface area contributed by atoms with Crippen LogP contribution in [0.5, 0.6) is 5.75 Å². The van der Waals surface area contributed by atoms with Gasteiger partial charge in [-0.3, -0.25) is 14.9 Å². The van der Waals surface area contributed by atoms with E-state index in [2.05, 4.69) is 5.32 Å². The van der Waals surface area contributed by atoms with Crippen LogP contribution in [0.4, 0.5) is 5.69 Å². The van der Waals surface area contributed by atoms with Gasteiger partial charge in [0.1, 0.15) is 18.4 Å². The molecule has 1 atom stereocenters. The molecule has 0 aliphatic heterocycles. The van der Waals surface area contributed by atoms with E-state index in [9.17, 15) is 19.7 Å². The van der Waals surface area contributed by atoms with E-state index in [0.717, 1.165) is 5.56 Å². The molecular formula is C20H20N2O6. The number of nitrogens with one attached hydrogen (secondary N) is 1. The fourth-order valence-electron chi connectivity index (χ4n) is 2.20. The Morgan fingerprint density at radius 1 is 1.14 bits per heavy atom. The van der Waals surface area contributed by atoms with Crippen molar-refractivity contribution >= 4 is 23.6 Å². The monoisotopic (exact) mass is 384 g/mol. The lowest BCUT2D eigenvalue weighted by atomic mass is 10.2. The minimum Gasteiger partial charge on any atom is -0.497 e. The van der Waals surface area contributed by atoms with Crippen LogP contribution in [0.1, 0.15) is 18.1 Å². The van der Waals surface area contributed by atoms with Gasteiger partial charge in [-0.1, -0.05) is 12.1 Å². The number of methoxy groups -OCH3 is 1. The molecule has 1 amide bonds. The van der Waals surface area contributed by atoms with Crippen LogP contribution in [0, 0.1) is 10.1 Å². The summed E-state index contributed by atoms with van der Waals surface area (Å²) in [6, 6.07) is 12.0. The first-order valence-electron chi connectivity index (χ1n) is 8.41. The first-order chi connectivity index (χ1) is 13.4. The van der Waals surface area contributed by atoms with Gasteiger partial charge in [0.05, 0.1) is 12.0 Å². The van der Waals surface area contributed by atoms with E-state index in [1.54, 1.807) is 37.5 Å². The van der Waals surface area contributed by atoms with Gasteiger partial charge in [-0.15, -0.1) is 0 Å². The Balaban J connectivity index is 1.81. The molecule has 2 aromatic rings. The topological polar surface area (TPSA) is 108 Å². The number of nitrogens with zero attached hydrogens (tertiary/aromatic N) is 1. The first kappa shape index (κ1) is 20.6. The van der Waals surface area contributed by atoms with Crippen LogP contribution < -0.4 is 10.1 Å². The van der Waals surface area contributed by atoms with Gasteiger partial charge in [0, 0.05) is 18.2 Å². The van der Waals surface area contributed by atoms with E-state index < -0.39 is 22.8 Å². The molecule has 0 aliphatic carbocycles. The van der Waals surface area contributed by atoms with Crippen LogP contribution in [0.3, 0.4) is 0 Å². The minimum absolute atomic E-state index is 0.0423. The fraction of sp³-hybridized carbons (Fsp3) is 0.200. The van der Waals surface area contributed by atoms with Crippen molar-refractivity contribution in [2.75, 3.05) is 7.11 Å². The van der Waals surface area contributed by atoms with E-state index in [0.29, 0.717) is 11.3 Å². The molecule has 0 saturated carbocycles. The van der Waals surface area contributed by atoms with E-state index in [4.69, 9.17) is 9.47 Å². The molecule has 8 nitrogen and oxygen atoms in total. The number of amides is 1. The van der Waals surface area contributed by atoms with Crippen molar-refractivity contribution in [2.24, 2.45) is 0 Å². The molecule has 2 aromatic carbocycles. The number of esters is 1. The second-order valence-electron chi connectivity index (χ2n) is 5.87. The molecule has 0 spiro atoms. The largest absolute Gasteiger partial charge is 0.497 e. The molecule has 28 heavy (non-hydrogen) atoms. The molecule has 0 unspecified atom stereocenters. The summed E-state index contributed by atoms with van der Waals surface area (Å²) in [5.74, 6) is -0.328. The fourth-order valence-corrected chi connectivity index (χ4v) is 2.20. The lowest BCUT2D eigenvalue weighted by Crippen LogP contribution is -2.38. The Bertz CT molecular complexity index is 859. The van der Waals surface area contributed by atoms with Crippen molar-refractivity contribution < 1.29 is 24.0 Å². The van der Waals surface area contributed by atoms with Crippen molar-refractivity contribution in [3.05, 3.63) is 75.8 Å². The molecule has 8 heteroatoms. The Kier molecular flexibility index (Phi) is 7.27. The Morgan fingerprint density at radius 2 is 1.79 bits per heavy atom. The number of ether oxygens (including phenoxy) is 2. The number of nitro groups is 1. The van der Waals surface area contributed by atoms with Crippen LogP contribution >= 0.6 is 0 Å². The van der Waals surface area contributed by atoms with E-state index in [1.165, 1.54) is 37.3 Å². The van der Waals surface area contributed by atoms with Gasteiger partial charge in [0.25, 0.3) is 5.69 Å². The molecule has 0 aliphatic rings. The Hall–Kier alpha value is -3.68. The maximum Gasteiger partial charge on any atom is 0.328 e. The predicted molar refractivity (Wildman–Crippen MR) is 103 cm³/mol. The van der Waals surface area contributed by atoms with E-state index >= 15 is 0 Å². The zero-order valence-electron chi connectivity index (χ0n) is 15.5. The molecular weight excluding hydrogens is 364 g/mol. The molecule has 146 valence electrons. The van der Waals surface area contributed by atoms with Gasteiger partial charge in [-0.2, -0.15) is 0 Å².